The van der Waals surface area contributed by atoms with E-state index in [4.69, 9.17) is 11.6 Å². The zero-order valence-electron chi connectivity index (χ0n) is 24.9. The number of rotatable bonds is 2. The summed E-state index contributed by atoms with van der Waals surface area (Å²) >= 11 is 6.42. The van der Waals surface area contributed by atoms with Crippen molar-refractivity contribution in [2.75, 3.05) is 0 Å². The molecule has 2 heteroatoms. The fraction of sp³-hybridized carbons (Fsp3) is 0.268. The molecule has 0 saturated heterocycles. The summed E-state index contributed by atoms with van der Waals surface area (Å²) in [5.41, 5.74) is 12.4. The fourth-order valence-corrected chi connectivity index (χ4v) is 10.1. The third-order valence-electron chi connectivity index (χ3n) is 11.4. The lowest BCUT2D eigenvalue weighted by Gasteiger charge is -2.54. The molecule has 5 unspecified atom stereocenters. The highest BCUT2D eigenvalue weighted by Gasteiger charge is 2.56. The highest BCUT2D eigenvalue weighted by molar-refractivity contribution is 6.32. The molecule has 1 aromatic heterocycles. The van der Waals surface area contributed by atoms with Crippen molar-refractivity contribution in [2.45, 2.75) is 44.9 Å². The van der Waals surface area contributed by atoms with Gasteiger partial charge in [-0.1, -0.05) is 92.2 Å². The number of hydrogen-bond acceptors (Lipinski definition) is 0. The zero-order valence-corrected chi connectivity index (χ0v) is 25.6. The second-order valence-corrected chi connectivity index (χ2v) is 14.2. The van der Waals surface area contributed by atoms with Crippen molar-refractivity contribution in [3.63, 3.8) is 0 Å². The summed E-state index contributed by atoms with van der Waals surface area (Å²) in [5.74, 6) is 3.07. The molecule has 43 heavy (non-hydrogen) atoms. The molecule has 3 aliphatic carbocycles. The first-order chi connectivity index (χ1) is 21.0. The Morgan fingerprint density at radius 3 is 2.26 bits per heavy atom. The van der Waals surface area contributed by atoms with Gasteiger partial charge >= 0.3 is 0 Å². The summed E-state index contributed by atoms with van der Waals surface area (Å²) in [6.45, 7) is 5.05. The van der Waals surface area contributed by atoms with Crippen LogP contribution < -0.4 is 0 Å². The topological polar surface area (TPSA) is 4.93 Å². The van der Waals surface area contributed by atoms with Crippen LogP contribution in [0.4, 0.5) is 0 Å². The van der Waals surface area contributed by atoms with E-state index < -0.39 is 0 Å². The Balaban J connectivity index is 1.17. The minimum Gasteiger partial charge on any atom is -0.309 e. The molecule has 3 aliphatic rings. The van der Waals surface area contributed by atoms with Crippen molar-refractivity contribution in [3.05, 3.63) is 125 Å². The van der Waals surface area contributed by atoms with Crippen LogP contribution in [0, 0.1) is 23.7 Å². The molecule has 0 N–H and O–H groups in total. The van der Waals surface area contributed by atoms with Gasteiger partial charge in [0.2, 0.25) is 0 Å². The van der Waals surface area contributed by atoms with E-state index >= 15 is 0 Å². The largest absolute Gasteiger partial charge is 0.309 e. The smallest absolute Gasteiger partial charge is 0.0542 e. The summed E-state index contributed by atoms with van der Waals surface area (Å²) in [7, 11) is 0. The molecule has 2 bridgehead atoms. The van der Waals surface area contributed by atoms with Gasteiger partial charge in [0.05, 0.1) is 11.0 Å². The summed E-state index contributed by atoms with van der Waals surface area (Å²) in [6.07, 6.45) is 5.48. The van der Waals surface area contributed by atoms with Gasteiger partial charge in [0.25, 0.3) is 0 Å². The molecule has 1 spiro atoms. The van der Waals surface area contributed by atoms with E-state index in [0.29, 0.717) is 11.8 Å². The highest BCUT2D eigenvalue weighted by atomic mass is 35.5. The number of para-hydroxylation sites is 1. The van der Waals surface area contributed by atoms with E-state index in [1.54, 1.807) is 11.1 Å². The van der Waals surface area contributed by atoms with Crippen LogP contribution in [-0.2, 0) is 5.41 Å². The minimum absolute atomic E-state index is 0.122. The molecule has 6 aromatic rings. The normalized spacial score (nSPS) is 25.7. The maximum absolute atomic E-state index is 6.42. The van der Waals surface area contributed by atoms with E-state index in [1.165, 1.54) is 75.4 Å². The van der Waals surface area contributed by atoms with Crippen LogP contribution in [0.2, 0.25) is 5.02 Å². The van der Waals surface area contributed by atoms with Crippen molar-refractivity contribution in [3.8, 4) is 27.9 Å². The number of aromatic nitrogens is 1. The van der Waals surface area contributed by atoms with Gasteiger partial charge in [0.1, 0.15) is 0 Å². The Labute approximate surface area is 259 Å². The van der Waals surface area contributed by atoms with Crippen LogP contribution in [-0.4, -0.2) is 4.57 Å². The number of nitrogens with zero attached hydrogens (tertiary/aromatic N) is 1. The van der Waals surface area contributed by atoms with E-state index in [-0.39, 0.29) is 5.41 Å². The van der Waals surface area contributed by atoms with Crippen molar-refractivity contribution in [1.29, 1.82) is 0 Å². The molecule has 2 fully saturated rings. The molecule has 5 atom stereocenters. The second kappa shape index (κ2) is 9.34. The molecule has 9 rings (SSSR count). The first-order valence-electron chi connectivity index (χ1n) is 16.1. The Morgan fingerprint density at radius 1 is 0.628 bits per heavy atom. The monoisotopic (exact) mass is 577 g/mol. The minimum atomic E-state index is 0.122. The Bertz CT molecular complexity index is 2040. The van der Waals surface area contributed by atoms with Crippen LogP contribution in [0.15, 0.2) is 109 Å². The number of halogens is 1. The SMILES string of the molecule is CC1CC2CC(C)C3(c4ccccc4-c4ccc(-c5ccc(-n6c7ccccc7c7cc(Cl)ccc76)cc5)cc43)C(C1)C2. The zero-order chi connectivity index (χ0) is 28.9. The maximum atomic E-state index is 6.42. The first-order valence-corrected chi connectivity index (χ1v) is 16.4. The molecule has 212 valence electrons. The molecule has 0 aliphatic heterocycles. The fourth-order valence-electron chi connectivity index (χ4n) is 9.92. The number of fused-ring (bicyclic) bond motifs is 11. The van der Waals surface area contributed by atoms with Gasteiger partial charge in [-0.05, 0) is 125 Å². The van der Waals surface area contributed by atoms with Crippen molar-refractivity contribution in [2.24, 2.45) is 23.7 Å². The van der Waals surface area contributed by atoms with Crippen molar-refractivity contribution >= 4 is 33.4 Å². The third-order valence-corrected chi connectivity index (χ3v) is 11.6. The summed E-state index contributed by atoms with van der Waals surface area (Å²) in [6, 6.07) is 40.7. The van der Waals surface area contributed by atoms with Crippen LogP contribution in [0.3, 0.4) is 0 Å². The lowest BCUT2D eigenvalue weighted by molar-refractivity contribution is 0.0426. The first kappa shape index (κ1) is 25.7. The molecular weight excluding hydrogens is 542 g/mol. The Kier molecular flexibility index (Phi) is 5.58. The molecule has 1 heterocycles. The van der Waals surface area contributed by atoms with E-state index in [0.717, 1.165) is 16.9 Å². The lowest BCUT2D eigenvalue weighted by Crippen LogP contribution is -2.49. The molecule has 1 nitrogen and oxygen atoms in total. The van der Waals surface area contributed by atoms with Crippen LogP contribution in [0.5, 0.6) is 0 Å². The summed E-state index contributed by atoms with van der Waals surface area (Å²) in [4.78, 5) is 0. The second-order valence-electron chi connectivity index (χ2n) is 13.7. The Morgan fingerprint density at radius 2 is 1.37 bits per heavy atom. The molecule has 2 saturated carbocycles. The van der Waals surface area contributed by atoms with Gasteiger partial charge < -0.3 is 4.57 Å². The van der Waals surface area contributed by atoms with Crippen LogP contribution in [0.25, 0.3) is 49.7 Å². The van der Waals surface area contributed by atoms with E-state index in [1.807, 2.05) is 6.07 Å². The molecular formula is C41H36ClN. The van der Waals surface area contributed by atoms with Gasteiger partial charge in [-0.15, -0.1) is 0 Å². The standard InChI is InChI=1S/C41H36ClN/c1-25-19-27-21-26(2)41(30(20-25)22-27)37-9-5-3-7-33(37)34-17-13-29(23-38(34)41)28-11-15-32(16-12-28)43-39-10-6-4-8-35(39)36-24-31(42)14-18-40(36)43/h3-18,23-27,30H,19-22H2,1-2H3. The van der Waals surface area contributed by atoms with Gasteiger partial charge in [0.15, 0.2) is 0 Å². The molecule has 0 amide bonds. The average molecular weight is 578 g/mol. The lowest BCUT2D eigenvalue weighted by atomic mass is 9.49. The van der Waals surface area contributed by atoms with Crippen LogP contribution >= 0.6 is 11.6 Å². The summed E-state index contributed by atoms with van der Waals surface area (Å²) < 4.78 is 2.36. The third kappa shape index (κ3) is 3.58. The predicted molar refractivity (Wildman–Crippen MR) is 181 cm³/mol. The maximum Gasteiger partial charge on any atom is 0.0542 e. The van der Waals surface area contributed by atoms with Gasteiger partial charge in [-0.25, -0.2) is 0 Å². The van der Waals surface area contributed by atoms with Gasteiger partial charge in [-0.3, -0.25) is 0 Å². The van der Waals surface area contributed by atoms with Crippen molar-refractivity contribution in [1.82, 2.24) is 4.57 Å². The number of benzene rings is 5. The quantitative estimate of drug-likeness (QED) is 0.193. The predicted octanol–water partition coefficient (Wildman–Crippen LogP) is 11.5. The molecule has 0 radical (unpaired) electrons. The van der Waals surface area contributed by atoms with Crippen molar-refractivity contribution < 1.29 is 0 Å². The highest BCUT2D eigenvalue weighted by Crippen LogP contribution is 2.64. The van der Waals surface area contributed by atoms with Crippen LogP contribution in [0.1, 0.15) is 50.7 Å². The Hall–Kier alpha value is -3.81. The summed E-state index contributed by atoms with van der Waals surface area (Å²) in [5, 5.41) is 3.19. The van der Waals surface area contributed by atoms with E-state index in [2.05, 4.69) is 122 Å². The molecule has 5 aromatic carbocycles. The van der Waals surface area contributed by atoms with Gasteiger partial charge in [-0.2, -0.15) is 0 Å². The van der Waals surface area contributed by atoms with E-state index in [9.17, 15) is 0 Å². The van der Waals surface area contributed by atoms with Gasteiger partial charge in [0, 0.05) is 26.9 Å². The average Bonchev–Trinajstić information content (AvgIpc) is 3.50. The number of hydrogen-bond donors (Lipinski definition) is 0.